The quantitative estimate of drug-likeness (QED) is 0.0995. The summed E-state index contributed by atoms with van der Waals surface area (Å²) in [5.74, 6) is -1.85. The molecule has 2 saturated carbocycles. The molecule has 324 valence electrons. The predicted octanol–water partition coefficient (Wildman–Crippen LogP) is 5.80. The highest BCUT2D eigenvalue weighted by molar-refractivity contribution is 7.14. The first-order valence-electron chi connectivity index (χ1n) is 20.3. The number of esters is 1. The summed E-state index contributed by atoms with van der Waals surface area (Å²) in [6, 6.07) is 4.65. The number of pyridine rings is 1. The maximum absolute atomic E-state index is 14.7. The molecular formula is C43H56N6O10S. The summed E-state index contributed by atoms with van der Waals surface area (Å²) < 4.78 is 22.9. The zero-order valence-electron chi connectivity index (χ0n) is 35.4. The van der Waals surface area contributed by atoms with Crippen molar-refractivity contribution in [1.82, 2.24) is 25.5 Å². The molecule has 1 aliphatic heterocycles. The fraction of sp³-hybridized carbons (Fsp3) is 0.558. The van der Waals surface area contributed by atoms with Crippen LogP contribution in [0.5, 0.6) is 11.5 Å². The first kappa shape index (κ1) is 44.1. The van der Waals surface area contributed by atoms with Crippen molar-refractivity contribution in [3.63, 3.8) is 0 Å². The fourth-order valence-electron chi connectivity index (χ4n) is 7.77. The maximum Gasteiger partial charge on any atom is 0.408 e. The van der Waals surface area contributed by atoms with Crippen molar-refractivity contribution >= 4 is 57.2 Å². The van der Waals surface area contributed by atoms with E-state index >= 15 is 0 Å². The van der Waals surface area contributed by atoms with E-state index in [0.29, 0.717) is 50.8 Å². The zero-order valence-corrected chi connectivity index (χ0v) is 36.2. The highest BCUT2D eigenvalue weighted by Gasteiger charge is 2.50. The number of methoxy groups -OCH3 is 1. The number of hydrogen-bond donors (Lipinski definition) is 4. The van der Waals surface area contributed by atoms with Gasteiger partial charge in [0, 0.05) is 41.3 Å². The van der Waals surface area contributed by atoms with Gasteiger partial charge in [-0.25, -0.2) is 24.4 Å². The second-order valence-electron chi connectivity index (χ2n) is 17.6. The number of carboxylic acid groups (broad SMARTS) is 1. The number of aliphatic carboxylic acids is 1. The number of carboxylic acids is 1. The molecule has 1 saturated heterocycles. The number of aromatic nitrogens is 2. The number of thiazole rings is 1. The lowest BCUT2D eigenvalue weighted by molar-refractivity contribution is -0.150. The van der Waals surface area contributed by atoms with Gasteiger partial charge in [0.1, 0.15) is 47.0 Å². The number of fused-ring (bicyclic) bond motifs is 2. The van der Waals surface area contributed by atoms with E-state index in [9.17, 15) is 29.1 Å². The number of nitrogens with zero attached hydrogens (tertiary/aromatic N) is 3. The molecule has 17 heteroatoms. The van der Waals surface area contributed by atoms with Gasteiger partial charge in [-0.15, -0.1) is 17.9 Å². The Morgan fingerprint density at radius 1 is 1.00 bits per heavy atom. The van der Waals surface area contributed by atoms with Crippen molar-refractivity contribution < 1.29 is 48.0 Å². The van der Waals surface area contributed by atoms with E-state index < -0.39 is 64.9 Å². The third-order valence-corrected chi connectivity index (χ3v) is 12.4. The van der Waals surface area contributed by atoms with Crippen LogP contribution in [0.25, 0.3) is 22.3 Å². The molecule has 8 atom stereocenters. The molecule has 0 bridgehead atoms. The van der Waals surface area contributed by atoms with Crippen molar-refractivity contribution in [1.29, 1.82) is 0 Å². The summed E-state index contributed by atoms with van der Waals surface area (Å²) in [6.45, 7) is 15.8. The Labute approximate surface area is 353 Å². The van der Waals surface area contributed by atoms with Crippen molar-refractivity contribution in [2.75, 3.05) is 25.6 Å². The highest BCUT2D eigenvalue weighted by Crippen LogP contribution is 2.52. The number of benzene rings is 1. The normalized spacial score (nSPS) is 22.8. The lowest BCUT2D eigenvalue weighted by atomic mass is 9.85. The molecule has 3 aliphatic rings. The molecule has 3 aromatic rings. The first-order valence-corrected chi connectivity index (χ1v) is 21.2. The topological polar surface area (TPSA) is 208 Å². The number of alkyl carbamates (subject to hydrolysis) is 1. The Morgan fingerprint density at radius 2 is 1.72 bits per heavy atom. The van der Waals surface area contributed by atoms with Gasteiger partial charge in [-0.2, -0.15) is 0 Å². The molecule has 0 spiro atoms. The Kier molecular flexibility index (Phi) is 13.0. The molecular weight excluding hydrogens is 793 g/mol. The van der Waals surface area contributed by atoms with Gasteiger partial charge in [-0.1, -0.05) is 33.8 Å². The van der Waals surface area contributed by atoms with Gasteiger partial charge in [-0.3, -0.25) is 9.59 Å². The van der Waals surface area contributed by atoms with Crippen LogP contribution < -0.4 is 25.4 Å². The lowest BCUT2D eigenvalue weighted by Gasteiger charge is -2.37. The molecule has 2 aliphatic carbocycles. The van der Waals surface area contributed by atoms with E-state index in [2.05, 4.69) is 22.5 Å². The van der Waals surface area contributed by atoms with Gasteiger partial charge in [0.2, 0.25) is 11.8 Å². The molecule has 0 radical (unpaired) electrons. The standard InChI is InChI=1S/C43H56N6O10S/c1-10-23(4)43(8,39(53)54)48-37(51)33-17-28(19-49(33)38(52)36(42(5,6)7)47-41(55)59-27-14-24-13-25(24)15-27)58-34-18-31(32-21-60-40(46-32)44-22(2)3)45-30-16-26(11-12-29(30)34)57-20-35(50)56-9/h10-12,16,18,21-25,27-28,33,36H,1,13-15,17,19-20H2,2-9H3,(H,44,46)(H,47,55)(H,48,51)(H,53,54)/t23?,24-,25+,27?,28-,33?,36?,43-/m1/s1. The fourth-order valence-corrected chi connectivity index (χ4v) is 8.62. The van der Waals surface area contributed by atoms with Crippen LogP contribution in [-0.4, -0.2) is 106 Å². The average Bonchev–Trinajstić information content (AvgIpc) is 3.50. The second kappa shape index (κ2) is 17.6. The monoisotopic (exact) mass is 848 g/mol. The number of carbonyl (C=O) groups is 5. The van der Waals surface area contributed by atoms with Crippen LogP contribution in [0, 0.1) is 23.2 Å². The highest BCUT2D eigenvalue weighted by atomic mass is 32.1. The summed E-state index contributed by atoms with van der Waals surface area (Å²) in [4.78, 5) is 77.7. The van der Waals surface area contributed by atoms with Crippen LogP contribution in [0.3, 0.4) is 0 Å². The number of carbonyl (C=O) groups excluding carboxylic acids is 4. The van der Waals surface area contributed by atoms with Crippen LogP contribution >= 0.6 is 11.3 Å². The SMILES string of the molecule is C=CC(C)[C@@](C)(NC(=O)C1C[C@@H](Oc2cc(-c3csc(NC(C)C)n3)nc3cc(OCC(=O)OC)ccc23)CN1C(=O)C(NC(=O)OC1C[C@@H]2C[C@@H]2C1)C(C)(C)C)C(=O)O. The molecule has 3 heterocycles. The zero-order chi connectivity index (χ0) is 43.7. The number of nitrogens with one attached hydrogen (secondary N) is 3. The van der Waals surface area contributed by atoms with E-state index in [0.717, 1.165) is 19.3 Å². The number of anilines is 1. The van der Waals surface area contributed by atoms with Crippen LogP contribution in [0.2, 0.25) is 0 Å². The summed E-state index contributed by atoms with van der Waals surface area (Å²) in [5, 5.41) is 22.2. The Morgan fingerprint density at radius 3 is 2.35 bits per heavy atom. The van der Waals surface area contributed by atoms with Gasteiger partial charge >= 0.3 is 18.0 Å². The number of amides is 3. The number of rotatable bonds is 16. The van der Waals surface area contributed by atoms with Gasteiger partial charge in [0.15, 0.2) is 11.7 Å². The van der Waals surface area contributed by atoms with Crippen molar-refractivity contribution in [2.24, 2.45) is 23.2 Å². The summed E-state index contributed by atoms with van der Waals surface area (Å²) in [6.07, 6.45) is 2.49. The molecule has 4 unspecified atom stereocenters. The molecule has 3 amide bonds. The molecule has 16 nitrogen and oxygen atoms in total. The van der Waals surface area contributed by atoms with Gasteiger partial charge in [0.25, 0.3) is 0 Å². The van der Waals surface area contributed by atoms with E-state index in [1.807, 2.05) is 19.2 Å². The predicted molar refractivity (Wildman–Crippen MR) is 225 cm³/mol. The molecule has 3 fully saturated rings. The maximum atomic E-state index is 14.7. The van der Waals surface area contributed by atoms with Crippen molar-refractivity contribution in [3.8, 4) is 22.9 Å². The number of likely N-dealkylation sites (tertiary alicyclic amines) is 1. The van der Waals surface area contributed by atoms with Crippen LogP contribution in [0.4, 0.5) is 9.93 Å². The Bertz CT molecular complexity index is 2130. The van der Waals surface area contributed by atoms with E-state index in [1.54, 1.807) is 52.0 Å². The molecule has 6 rings (SSSR count). The number of hydrogen-bond acceptors (Lipinski definition) is 13. The number of ether oxygens (including phenoxy) is 4. The van der Waals surface area contributed by atoms with Gasteiger partial charge in [-0.05, 0) is 69.4 Å². The molecule has 60 heavy (non-hydrogen) atoms. The minimum Gasteiger partial charge on any atom is -0.488 e. The molecule has 4 N–H and O–H groups in total. The van der Waals surface area contributed by atoms with Gasteiger partial charge < -0.3 is 44.9 Å². The third-order valence-electron chi connectivity index (χ3n) is 11.6. The van der Waals surface area contributed by atoms with Crippen LogP contribution in [0.15, 0.2) is 42.3 Å². The Balaban J connectivity index is 1.34. The van der Waals surface area contributed by atoms with Gasteiger partial charge in [0.05, 0.1) is 24.9 Å². The first-order chi connectivity index (χ1) is 28.3. The molecule has 2 aromatic heterocycles. The minimum atomic E-state index is -1.75. The third kappa shape index (κ3) is 9.94. The summed E-state index contributed by atoms with van der Waals surface area (Å²) >= 11 is 1.42. The summed E-state index contributed by atoms with van der Waals surface area (Å²) in [7, 11) is 1.27. The van der Waals surface area contributed by atoms with Crippen molar-refractivity contribution in [3.05, 3.63) is 42.3 Å². The largest absolute Gasteiger partial charge is 0.488 e. The lowest BCUT2D eigenvalue weighted by Crippen LogP contribution is -2.62. The minimum absolute atomic E-state index is 0.0134. The summed E-state index contributed by atoms with van der Waals surface area (Å²) in [5.41, 5.74) is -1.06. The van der Waals surface area contributed by atoms with E-state index in [-0.39, 0.29) is 31.7 Å². The van der Waals surface area contributed by atoms with Crippen LogP contribution in [0.1, 0.15) is 74.1 Å². The molecule has 1 aromatic carbocycles. The second-order valence-corrected chi connectivity index (χ2v) is 18.4. The van der Waals surface area contributed by atoms with Crippen LogP contribution in [-0.2, 0) is 28.7 Å². The average molecular weight is 849 g/mol. The Hall–Kier alpha value is -5.45. The van der Waals surface area contributed by atoms with E-state index in [4.69, 9.17) is 28.9 Å². The smallest absolute Gasteiger partial charge is 0.408 e. The van der Waals surface area contributed by atoms with E-state index in [1.165, 1.54) is 36.3 Å². The van der Waals surface area contributed by atoms with Crippen molar-refractivity contribution in [2.45, 2.75) is 110 Å².